The second-order valence-electron chi connectivity index (χ2n) is 5.62. The number of hydrogen-bond acceptors (Lipinski definition) is 1. The molecule has 2 N–H and O–H groups in total. The standard InChI is InChI=1S/C19H16ClN/c20-18-9-7-14(10-15(18)11-21)16-8-6-13-5-4-12-2-1-3-17(16)19(12)13/h1-3,6-10H,4-5,11,21H2. The molecule has 0 bridgehead atoms. The lowest BCUT2D eigenvalue weighted by Crippen LogP contribution is -1.97. The highest BCUT2D eigenvalue weighted by molar-refractivity contribution is 6.31. The van der Waals surface area contributed by atoms with Crippen molar-refractivity contribution in [3.63, 3.8) is 0 Å². The smallest absolute Gasteiger partial charge is 0.0451 e. The predicted molar refractivity (Wildman–Crippen MR) is 89.7 cm³/mol. The van der Waals surface area contributed by atoms with Crippen molar-refractivity contribution in [1.29, 1.82) is 0 Å². The molecule has 0 atom stereocenters. The summed E-state index contributed by atoms with van der Waals surface area (Å²) in [6.07, 6.45) is 2.32. The first kappa shape index (κ1) is 12.9. The maximum Gasteiger partial charge on any atom is 0.0451 e. The van der Waals surface area contributed by atoms with Gasteiger partial charge >= 0.3 is 0 Å². The van der Waals surface area contributed by atoms with Gasteiger partial charge in [-0.2, -0.15) is 0 Å². The van der Waals surface area contributed by atoms with Gasteiger partial charge < -0.3 is 5.73 Å². The van der Waals surface area contributed by atoms with Gasteiger partial charge in [0.25, 0.3) is 0 Å². The lowest BCUT2D eigenvalue weighted by atomic mass is 9.94. The second kappa shape index (κ2) is 4.87. The summed E-state index contributed by atoms with van der Waals surface area (Å²) < 4.78 is 0. The first-order valence-corrected chi connectivity index (χ1v) is 7.68. The molecule has 0 fully saturated rings. The molecule has 3 aromatic rings. The molecule has 1 aliphatic rings. The van der Waals surface area contributed by atoms with Crippen molar-refractivity contribution in [3.05, 3.63) is 70.2 Å². The summed E-state index contributed by atoms with van der Waals surface area (Å²) in [7, 11) is 0. The summed E-state index contributed by atoms with van der Waals surface area (Å²) >= 11 is 6.18. The topological polar surface area (TPSA) is 26.0 Å². The summed E-state index contributed by atoms with van der Waals surface area (Å²) in [5, 5.41) is 3.53. The van der Waals surface area contributed by atoms with E-state index in [1.165, 1.54) is 33.0 Å². The van der Waals surface area contributed by atoms with Crippen molar-refractivity contribution < 1.29 is 0 Å². The third-order valence-corrected chi connectivity index (χ3v) is 4.82. The van der Waals surface area contributed by atoms with Crippen LogP contribution in [0, 0.1) is 0 Å². The highest BCUT2D eigenvalue weighted by Crippen LogP contribution is 2.37. The van der Waals surface area contributed by atoms with Crippen LogP contribution in [0.1, 0.15) is 16.7 Å². The van der Waals surface area contributed by atoms with E-state index in [-0.39, 0.29) is 0 Å². The zero-order valence-electron chi connectivity index (χ0n) is 11.7. The molecule has 104 valence electrons. The molecule has 4 rings (SSSR count). The number of aryl methyl sites for hydroxylation is 2. The highest BCUT2D eigenvalue weighted by atomic mass is 35.5. The molecule has 0 saturated carbocycles. The zero-order valence-corrected chi connectivity index (χ0v) is 12.5. The molecule has 0 spiro atoms. The van der Waals surface area contributed by atoms with Crippen LogP contribution in [0.5, 0.6) is 0 Å². The lowest BCUT2D eigenvalue weighted by Gasteiger charge is -2.11. The van der Waals surface area contributed by atoms with Crippen LogP contribution in [-0.2, 0) is 19.4 Å². The Bertz CT molecular complexity index is 841. The molecule has 0 aromatic heterocycles. The van der Waals surface area contributed by atoms with Crippen LogP contribution < -0.4 is 5.73 Å². The van der Waals surface area contributed by atoms with E-state index in [0.29, 0.717) is 6.54 Å². The number of hydrogen-bond donors (Lipinski definition) is 1. The molecule has 1 aliphatic carbocycles. The first-order chi connectivity index (χ1) is 10.3. The quantitative estimate of drug-likeness (QED) is 0.727. The van der Waals surface area contributed by atoms with Gasteiger partial charge in [0.1, 0.15) is 0 Å². The third-order valence-electron chi connectivity index (χ3n) is 4.45. The summed E-state index contributed by atoms with van der Waals surface area (Å²) in [5.74, 6) is 0. The van der Waals surface area contributed by atoms with Gasteiger partial charge in [-0.05, 0) is 63.6 Å². The van der Waals surface area contributed by atoms with Crippen LogP contribution in [0.4, 0.5) is 0 Å². The van der Waals surface area contributed by atoms with Crippen molar-refractivity contribution in [2.45, 2.75) is 19.4 Å². The molecule has 0 amide bonds. The van der Waals surface area contributed by atoms with Crippen LogP contribution in [0.15, 0.2) is 48.5 Å². The Kier molecular flexibility index (Phi) is 2.99. The van der Waals surface area contributed by atoms with Crippen molar-refractivity contribution in [3.8, 4) is 11.1 Å². The Hall–Kier alpha value is -1.83. The maximum atomic E-state index is 6.18. The zero-order chi connectivity index (χ0) is 14.4. The van der Waals surface area contributed by atoms with Crippen molar-refractivity contribution in [2.24, 2.45) is 5.73 Å². The Morgan fingerprint density at radius 1 is 0.952 bits per heavy atom. The number of halogens is 1. The first-order valence-electron chi connectivity index (χ1n) is 7.30. The molecule has 3 aromatic carbocycles. The fourth-order valence-corrected chi connectivity index (χ4v) is 3.59. The Morgan fingerprint density at radius 3 is 2.57 bits per heavy atom. The molecule has 0 aliphatic heterocycles. The van der Waals surface area contributed by atoms with Gasteiger partial charge in [0, 0.05) is 11.6 Å². The van der Waals surface area contributed by atoms with Crippen LogP contribution in [0.3, 0.4) is 0 Å². The van der Waals surface area contributed by atoms with Crippen LogP contribution in [0.25, 0.3) is 21.9 Å². The molecule has 0 heterocycles. The summed E-state index contributed by atoms with van der Waals surface area (Å²) in [5.41, 5.74) is 12.2. The van der Waals surface area contributed by atoms with Crippen LogP contribution >= 0.6 is 11.6 Å². The number of benzene rings is 3. The average Bonchev–Trinajstić information content (AvgIpc) is 2.94. The number of rotatable bonds is 2. The Labute approximate surface area is 129 Å². The van der Waals surface area contributed by atoms with Crippen molar-refractivity contribution >= 4 is 22.4 Å². The Balaban J connectivity index is 2.00. The minimum atomic E-state index is 0.466. The average molecular weight is 294 g/mol. The van der Waals surface area contributed by atoms with E-state index in [4.69, 9.17) is 17.3 Å². The maximum absolute atomic E-state index is 6.18. The highest BCUT2D eigenvalue weighted by Gasteiger charge is 2.16. The SMILES string of the molecule is NCc1cc(-c2ccc3c4c(cccc24)CC3)ccc1Cl. The van der Waals surface area contributed by atoms with Gasteiger partial charge in [-0.25, -0.2) is 0 Å². The second-order valence-corrected chi connectivity index (χ2v) is 6.03. The van der Waals surface area contributed by atoms with E-state index in [2.05, 4.69) is 42.5 Å². The fourth-order valence-electron chi connectivity index (χ4n) is 3.40. The van der Waals surface area contributed by atoms with Crippen LogP contribution in [-0.4, -0.2) is 0 Å². The van der Waals surface area contributed by atoms with E-state index in [1.54, 1.807) is 0 Å². The normalized spacial score (nSPS) is 13.0. The molecular formula is C19H16ClN. The minimum absolute atomic E-state index is 0.466. The van der Waals surface area contributed by atoms with E-state index in [1.807, 2.05) is 6.07 Å². The van der Waals surface area contributed by atoms with Crippen LogP contribution in [0.2, 0.25) is 5.02 Å². The predicted octanol–water partition coefficient (Wildman–Crippen LogP) is 4.72. The minimum Gasteiger partial charge on any atom is -0.326 e. The summed E-state index contributed by atoms with van der Waals surface area (Å²) in [6, 6.07) is 17.3. The number of nitrogens with two attached hydrogens (primary N) is 1. The van der Waals surface area contributed by atoms with E-state index in [9.17, 15) is 0 Å². The summed E-state index contributed by atoms with van der Waals surface area (Å²) in [6.45, 7) is 0.466. The molecule has 21 heavy (non-hydrogen) atoms. The fraction of sp³-hybridized carbons (Fsp3) is 0.158. The molecule has 0 radical (unpaired) electrons. The summed E-state index contributed by atoms with van der Waals surface area (Å²) in [4.78, 5) is 0. The van der Waals surface area contributed by atoms with Gasteiger partial charge in [-0.1, -0.05) is 48.0 Å². The van der Waals surface area contributed by atoms with Gasteiger partial charge in [-0.15, -0.1) is 0 Å². The monoisotopic (exact) mass is 293 g/mol. The third kappa shape index (κ3) is 1.97. The molecular weight excluding hydrogens is 278 g/mol. The van der Waals surface area contributed by atoms with Gasteiger partial charge in [0.2, 0.25) is 0 Å². The van der Waals surface area contributed by atoms with Gasteiger partial charge in [0.15, 0.2) is 0 Å². The van der Waals surface area contributed by atoms with Crippen molar-refractivity contribution in [2.75, 3.05) is 0 Å². The van der Waals surface area contributed by atoms with Gasteiger partial charge in [-0.3, -0.25) is 0 Å². The largest absolute Gasteiger partial charge is 0.326 e. The molecule has 0 saturated heterocycles. The van der Waals surface area contributed by atoms with Crippen molar-refractivity contribution in [1.82, 2.24) is 0 Å². The van der Waals surface area contributed by atoms with Gasteiger partial charge in [0.05, 0.1) is 0 Å². The molecule has 1 nitrogen and oxygen atoms in total. The molecule has 2 heteroatoms. The van der Waals surface area contributed by atoms with E-state index < -0.39 is 0 Å². The van der Waals surface area contributed by atoms with E-state index >= 15 is 0 Å². The van der Waals surface area contributed by atoms with E-state index in [0.717, 1.165) is 23.4 Å². The lowest BCUT2D eigenvalue weighted by molar-refractivity contribution is 1.02. The Morgan fingerprint density at radius 2 is 1.76 bits per heavy atom. The molecule has 0 unspecified atom stereocenters.